The third-order valence-electron chi connectivity index (χ3n) is 2.17. The van der Waals surface area contributed by atoms with Crippen molar-refractivity contribution in [2.75, 3.05) is 0 Å². The van der Waals surface area contributed by atoms with E-state index < -0.39 is 22.8 Å². The summed E-state index contributed by atoms with van der Waals surface area (Å²) in [7, 11) is 0. The van der Waals surface area contributed by atoms with Crippen LogP contribution in [-0.4, -0.2) is 6.29 Å². The molecule has 1 nitrogen and oxygen atoms in total. The number of halogens is 3. The Bertz CT molecular complexity index is 549. The topological polar surface area (TPSA) is 17.1 Å². The van der Waals surface area contributed by atoms with Crippen LogP contribution in [0.2, 0.25) is 0 Å². The molecule has 0 saturated carbocycles. The van der Waals surface area contributed by atoms with Crippen molar-refractivity contribution in [1.82, 2.24) is 0 Å². The van der Waals surface area contributed by atoms with Crippen LogP contribution in [-0.2, 0) is 0 Å². The molecule has 0 N–H and O–H groups in total. The summed E-state index contributed by atoms with van der Waals surface area (Å²) in [5.41, 5.74) is -0.285. The zero-order valence-corrected chi connectivity index (χ0v) is 7.43. The number of hydrogen-bond acceptors (Lipinski definition) is 1. The monoisotopic (exact) mass is 210 g/mol. The van der Waals surface area contributed by atoms with Crippen molar-refractivity contribution in [2.45, 2.75) is 0 Å². The van der Waals surface area contributed by atoms with E-state index in [1.165, 1.54) is 18.2 Å². The molecule has 0 fully saturated rings. The third-order valence-corrected chi connectivity index (χ3v) is 2.17. The first kappa shape index (κ1) is 9.71. The lowest BCUT2D eigenvalue weighted by molar-refractivity contribution is 0.112. The minimum atomic E-state index is -1.27. The second-order valence-corrected chi connectivity index (χ2v) is 3.05. The van der Waals surface area contributed by atoms with Gasteiger partial charge >= 0.3 is 0 Å². The predicted molar refractivity (Wildman–Crippen MR) is 49.2 cm³/mol. The highest BCUT2D eigenvalue weighted by Gasteiger charge is 2.14. The maximum absolute atomic E-state index is 13.5. The Balaban J connectivity index is 2.95. The molecule has 0 saturated heterocycles. The highest BCUT2D eigenvalue weighted by Crippen LogP contribution is 2.24. The van der Waals surface area contributed by atoms with Gasteiger partial charge in [0.15, 0.2) is 17.9 Å². The molecule has 0 aliphatic heterocycles. The van der Waals surface area contributed by atoms with E-state index in [1.807, 2.05) is 0 Å². The molecule has 0 spiro atoms. The first-order chi connectivity index (χ1) is 7.15. The molecule has 0 aliphatic carbocycles. The Hall–Kier alpha value is -1.84. The average Bonchev–Trinajstić information content (AvgIpc) is 2.24. The molecule has 15 heavy (non-hydrogen) atoms. The van der Waals surface area contributed by atoms with Crippen LogP contribution in [0.25, 0.3) is 10.8 Å². The number of carbonyl (C=O) groups is 1. The smallest absolute Gasteiger partial charge is 0.169 e. The Labute approximate surface area is 83.1 Å². The van der Waals surface area contributed by atoms with Crippen LogP contribution in [0.5, 0.6) is 0 Å². The van der Waals surface area contributed by atoms with Gasteiger partial charge in [0.2, 0.25) is 0 Å². The second-order valence-electron chi connectivity index (χ2n) is 3.05. The summed E-state index contributed by atoms with van der Waals surface area (Å²) in [5.74, 6) is -3.43. The van der Waals surface area contributed by atoms with E-state index in [9.17, 15) is 18.0 Å². The van der Waals surface area contributed by atoms with Gasteiger partial charge in [-0.3, -0.25) is 4.79 Å². The van der Waals surface area contributed by atoms with E-state index in [0.717, 1.165) is 6.07 Å². The maximum atomic E-state index is 13.5. The van der Waals surface area contributed by atoms with Gasteiger partial charge in [-0.25, -0.2) is 13.2 Å². The Morgan fingerprint density at radius 2 is 1.60 bits per heavy atom. The summed E-state index contributed by atoms with van der Waals surface area (Å²) >= 11 is 0. The molecule has 0 radical (unpaired) electrons. The standard InChI is InChI=1S/C11H5F3O/c12-8-4-3-6-1-2-7(5-15)10(13)9(6)11(8)14/h1-5H. The average molecular weight is 210 g/mol. The number of hydrogen-bond donors (Lipinski definition) is 0. The molecular formula is C11H5F3O. The van der Waals surface area contributed by atoms with Crippen LogP contribution in [0.4, 0.5) is 13.2 Å². The Morgan fingerprint density at radius 1 is 0.933 bits per heavy atom. The lowest BCUT2D eigenvalue weighted by Gasteiger charge is -2.03. The van der Waals surface area contributed by atoms with Gasteiger partial charge in [0.1, 0.15) is 5.82 Å². The van der Waals surface area contributed by atoms with E-state index in [0.29, 0.717) is 0 Å². The van der Waals surface area contributed by atoms with Crippen molar-refractivity contribution >= 4 is 17.1 Å². The van der Waals surface area contributed by atoms with Crippen molar-refractivity contribution in [1.29, 1.82) is 0 Å². The minimum absolute atomic E-state index is 0.219. The van der Waals surface area contributed by atoms with Gasteiger partial charge in [0, 0.05) is 0 Å². The van der Waals surface area contributed by atoms with E-state index in [2.05, 4.69) is 0 Å². The molecule has 2 aromatic rings. The summed E-state index contributed by atoms with van der Waals surface area (Å²) in [6.07, 6.45) is 0.263. The molecule has 0 aromatic heterocycles. The number of aldehydes is 1. The maximum Gasteiger partial charge on any atom is 0.169 e. The summed E-state index contributed by atoms with van der Waals surface area (Å²) in [6, 6.07) is 4.76. The van der Waals surface area contributed by atoms with Gasteiger partial charge in [0.05, 0.1) is 10.9 Å². The molecule has 76 valence electrons. The number of rotatable bonds is 1. The summed E-state index contributed by atoms with van der Waals surface area (Å²) < 4.78 is 39.6. The molecule has 0 aliphatic rings. The fraction of sp³-hybridized carbons (Fsp3) is 0. The highest BCUT2D eigenvalue weighted by atomic mass is 19.2. The minimum Gasteiger partial charge on any atom is -0.298 e. The van der Waals surface area contributed by atoms with Crippen molar-refractivity contribution in [2.24, 2.45) is 0 Å². The normalized spacial score (nSPS) is 10.6. The van der Waals surface area contributed by atoms with Crippen LogP contribution < -0.4 is 0 Å². The van der Waals surface area contributed by atoms with E-state index in [-0.39, 0.29) is 17.2 Å². The number of fused-ring (bicyclic) bond motifs is 1. The molecule has 0 amide bonds. The molecule has 0 heterocycles. The van der Waals surface area contributed by atoms with Gasteiger partial charge in [0.25, 0.3) is 0 Å². The summed E-state index contributed by atoms with van der Waals surface area (Å²) in [6.45, 7) is 0. The first-order valence-electron chi connectivity index (χ1n) is 4.16. The summed E-state index contributed by atoms with van der Waals surface area (Å²) in [5, 5.41) is -0.267. The van der Waals surface area contributed by atoms with Gasteiger partial charge < -0.3 is 0 Å². The quantitative estimate of drug-likeness (QED) is 0.661. The Morgan fingerprint density at radius 3 is 2.27 bits per heavy atom. The zero-order valence-electron chi connectivity index (χ0n) is 7.43. The molecule has 0 atom stereocenters. The van der Waals surface area contributed by atoms with Gasteiger partial charge in [-0.2, -0.15) is 0 Å². The zero-order chi connectivity index (χ0) is 11.0. The lowest BCUT2D eigenvalue weighted by Crippen LogP contribution is -1.94. The first-order valence-corrected chi connectivity index (χ1v) is 4.16. The molecule has 2 aromatic carbocycles. The van der Waals surface area contributed by atoms with E-state index in [1.54, 1.807) is 0 Å². The highest BCUT2D eigenvalue weighted by molar-refractivity contribution is 5.90. The molecule has 0 bridgehead atoms. The molecule has 2 rings (SSSR count). The van der Waals surface area contributed by atoms with Gasteiger partial charge in [-0.1, -0.05) is 12.1 Å². The van der Waals surface area contributed by atoms with E-state index in [4.69, 9.17) is 0 Å². The van der Waals surface area contributed by atoms with Crippen molar-refractivity contribution < 1.29 is 18.0 Å². The van der Waals surface area contributed by atoms with Crippen LogP contribution in [0.1, 0.15) is 10.4 Å². The van der Waals surface area contributed by atoms with Crippen LogP contribution >= 0.6 is 0 Å². The molecule has 0 unspecified atom stereocenters. The number of carbonyl (C=O) groups excluding carboxylic acids is 1. The fourth-order valence-electron chi connectivity index (χ4n) is 1.42. The van der Waals surface area contributed by atoms with Gasteiger partial charge in [-0.05, 0) is 17.5 Å². The number of benzene rings is 2. The van der Waals surface area contributed by atoms with E-state index >= 15 is 0 Å². The van der Waals surface area contributed by atoms with Crippen LogP contribution in [0.15, 0.2) is 24.3 Å². The Kier molecular flexibility index (Phi) is 2.19. The SMILES string of the molecule is O=Cc1ccc2ccc(F)c(F)c2c1F. The largest absolute Gasteiger partial charge is 0.298 e. The van der Waals surface area contributed by atoms with Crippen molar-refractivity contribution in [3.63, 3.8) is 0 Å². The molecule has 4 heteroatoms. The lowest BCUT2D eigenvalue weighted by atomic mass is 10.1. The third kappa shape index (κ3) is 1.38. The fourth-order valence-corrected chi connectivity index (χ4v) is 1.42. The summed E-state index contributed by atoms with van der Waals surface area (Å²) in [4.78, 5) is 10.4. The second kappa shape index (κ2) is 3.38. The molecular weight excluding hydrogens is 205 g/mol. The van der Waals surface area contributed by atoms with Gasteiger partial charge in [-0.15, -0.1) is 0 Å². The van der Waals surface area contributed by atoms with Crippen LogP contribution in [0.3, 0.4) is 0 Å². The van der Waals surface area contributed by atoms with Crippen LogP contribution in [0, 0.1) is 17.5 Å². The van der Waals surface area contributed by atoms with Crippen molar-refractivity contribution in [3.8, 4) is 0 Å². The van der Waals surface area contributed by atoms with Crippen molar-refractivity contribution in [3.05, 3.63) is 47.3 Å². The predicted octanol–water partition coefficient (Wildman–Crippen LogP) is 3.07.